The Morgan fingerprint density at radius 2 is 1.85 bits per heavy atom. The second kappa shape index (κ2) is 31.7. The molecule has 20 nitrogen and oxygen atoms in total. The molecule has 0 saturated carbocycles. The minimum Gasteiger partial charge on any atom is -0.537 e. The second-order valence-electron chi connectivity index (χ2n) is 20.4. The summed E-state index contributed by atoms with van der Waals surface area (Å²) in [6.45, 7) is 17.0. The van der Waals surface area contributed by atoms with E-state index in [1.807, 2.05) is 39.8 Å². The first-order valence-corrected chi connectivity index (χ1v) is 28.7. The Bertz CT molecular complexity index is 2590. The molecule has 6 N–H and O–H groups in total. The number of halogens is 1. The van der Waals surface area contributed by atoms with Crippen LogP contribution in [-0.4, -0.2) is 153 Å². The molecule has 5 amide bonds. The smallest absolute Gasteiger partial charge is 0.537 e. The van der Waals surface area contributed by atoms with Crippen LogP contribution in [0.2, 0.25) is 5.02 Å². The zero-order valence-electron chi connectivity index (χ0n) is 48.2. The number of esters is 1. The van der Waals surface area contributed by atoms with Crippen molar-refractivity contribution in [2.75, 3.05) is 59.7 Å². The van der Waals surface area contributed by atoms with Gasteiger partial charge in [0.25, 0.3) is 0 Å². The number of fused-ring (bicyclic) bond motifs is 5. The quantitative estimate of drug-likeness (QED) is 0.0174. The van der Waals surface area contributed by atoms with Crippen LogP contribution in [0.4, 0.5) is 10.5 Å². The first-order valence-electron chi connectivity index (χ1n) is 26.0. The number of hydrogen-bond donors (Lipinski definition) is 5. The van der Waals surface area contributed by atoms with Crippen LogP contribution in [0.1, 0.15) is 103 Å². The number of carbonyl (C=O) groups excluding carboxylic acids is 6. The number of ether oxygens (including phenoxy) is 6. The van der Waals surface area contributed by atoms with Crippen molar-refractivity contribution in [1.82, 2.24) is 21.0 Å². The van der Waals surface area contributed by atoms with Crippen LogP contribution >= 0.6 is 33.2 Å². The summed E-state index contributed by atoms with van der Waals surface area (Å²) in [6, 6.07) is 9.19. The van der Waals surface area contributed by atoms with Crippen LogP contribution in [0.25, 0.3) is 0 Å². The summed E-state index contributed by atoms with van der Waals surface area (Å²) in [5.41, 5.74) is 8.12. The summed E-state index contributed by atoms with van der Waals surface area (Å²) in [5, 5.41) is 21.5. The fourth-order valence-electron chi connectivity index (χ4n) is 9.07. The van der Waals surface area contributed by atoms with Gasteiger partial charge in [-0.05, 0) is 77.9 Å². The predicted molar refractivity (Wildman–Crippen MR) is 308 cm³/mol. The molecule has 4 bridgehead atoms. The number of allylic oxidation sites excluding steroid dienone is 3. The van der Waals surface area contributed by atoms with Crippen LogP contribution in [0.15, 0.2) is 53.2 Å². The van der Waals surface area contributed by atoms with E-state index in [0.29, 0.717) is 66.5 Å². The van der Waals surface area contributed by atoms with Gasteiger partial charge in [0.05, 0.1) is 31.9 Å². The molecule has 0 unspecified atom stereocenters. The number of rotatable bonds is 20. The van der Waals surface area contributed by atoms with E-state index in [2.05, 4.69) is 39.9 Å². The Labute approximate surface area is 498 Å². The number of nitrogens with zero attached hydrogens (tertiary/aromatic N) is 3. The van der Waals surface area contributed by atoms with Gasteiger partial charge in [-0.25, -0.2) is 14.7 Å². The molecule has 0 spiro atoms. The normalized spacial score (nSPS) is 24.5. The third-order valence-electron chi connectivity index (χ3n) is 13.8. The molecular weight excluding hydrogens is 1260 g/mol. The molecular formula is C56H80ClN7O13S2W. The van der Waals surface area contributed by atoms with Gasteiger partial charge in [-0.1, -0.05) is 70.8 Å². The molecule has 80 heavy (non-hydrogen) atoms. The number of nitrogens with one attached hydrogen (secondary N) is 3. The number of nitrogens with two attached hydrogens (primary N) is 1. The number of anilines is 1. The molecule has 2 aromatic rings. The first-order chi connectivity index (χ1) is 37.3. The van der Waals surface area contributed by atoms with Gasteiger partial charge in [0.1, 0.15) is 40.7 Å². The molecule has 0 aliphatic carbocycles. The molecule has 24 heteroatoms. The zero-order valence-corrected chi connectivity index (χ0v) is 53.5. The maximum atomic E-state index is 14.4. The average molecular weight is 1340 g/mol. The van der Waals surface area contributed by atoms with Gasteiger partial charge in [-0.2, -0.15) is 6.42 Å². The number of methoxy groups -OCH3 is 2. The van der Waals surface area contributed by atoms with Gasteiger partial charge < -0.3 is 61.3 Å². The number of amides is 5. The number of benzene rings is 2. The van der Waals surface area contributed by atoms with E-state index < -0.39 is 70.4 Å². The van der Waals surface area contributed by atoms with E-state index in [0.717, 1.165) is 16.7 Å². The molecule has 0 aromatic heterocycles. The number of carbonyl (C=O) groups is 6. The van der Waals surface area contributed by atoms with Crippen LogP contribution in [0.3, 0.4) is 0 Å². The topological polar surface area (TPSA) is 262 Å². The maximum Gasteiger partial charge on any atom is 2.00 e. The van der Waals surface area contributed by atoms with Gasteiger partial charge in [0.2, 0.25) is 23.6 Å². The third kappa shape index (κ3) is 18.9. The molecule has 2 aromatic carbocycles. The number of hydrazone groups is 1. The van der Waals surface area contributed by atoms with E-state index in [4.69, 9.17) is 40.0 Å². The first kappa shape index (κ1) is 69.6. The number of likely N-dealkylation sites (N-methyl/N-ethyl adjacent to an activating group) is 1. The van der Waals surface area contributed by atoms with Crippen molar-refractivity contribution < 1.29 is 83.4 Å². The number of epoxide rings is 1. The molecule has 5 rings (SSSR count). The number of aryl methyl sites for hydroxylation is 1. The van der Waals surface area contributed by atoms with Crippen LogP contribution in [-0.2, 0) is 70.4 Å². The van der Waals surface area contributed by atoms with E-state index in [9.17, 15) is 33.9 Å². The number of aliphatic hydroxyl groups is 1. The Morgan fingerprint density at radius 3 is 2.49 bits per heavy atom. The Kier molecular flexibility index (Phi) is 27.6. The van der Waals surface area contributed by atoms with Gasteiger partial charge in [0.15, 0.2) is 5.72 Å². The van der Waals surface area contributed by atoms with Crippen molar-refractivity contribution in [2.24, 2.45) is 16.8 Å². The van der Waals surface area contributed by atoms with Gasteiger partial charge in [-0.15, -0.1) is 29.3 Å². The molecule has 0 radical (unpaired) electrons. The molecule has 8 atom stereocenters. The van der Waals surface area contributed by atoms with Gasteiger partial charge >= 0.3 is 33.1 Å². The van der Waals surface area contributed by atoms with Crippen LogP contribution in [0, 0.1) is 25.8 Å². The van der Waals surface area contributed by atoms with E-state index >= 15 is 0 Å². The summed E-state index contributed by atoms with van der Waals surface area (Å²) in [5.74, 6) is -1.22. The maximum absolute atomic E-state index is 14.4. The Hall–Kier alpha value is -4.67. The van der Waals surface area contributed by atoms with Crippen molar-refractivity contribution in [3.63, 3.8) is 0 Å². The molecule has 2 fully saturated rings. The van der Waals surface area contributed by atoms with Crippen molar-refractivity contribution >= 4 is 80.3 Å². The van der Waals surface area contributed by atoms with Crippen molar-refractivity contribution in [1.29, 1.82) is 0 Å². The Balaban J connectivity index is 0.00000554. The monoisotopic (exact) mass is 1340 g/mol. The van der Waals surface area contributed by atoms with Gasteiger partial charge in [0, 0.05) is 76.1 Å². The van der Waals surface area contributed by atoms with Crippen molar-refractivity contribution in [2.45, 2.75) is 146 Å². The SMILES string of the molecule is CN.[CH2-]C/C(=N\NC(=O)CC(C)(C)SSCCC(=O)N(C)[C@@H](C)C(=O)O[C@H]1CC(=O)N(C)c2cc(cc(OC)c2Cl)C/C(C)=C/C=C/[C@@H](OC)[C@@]2(O)C[C@H](OC(=O)N2)[C@@H](C)[C@@H]2O[C@@]12C)c1[c-]cc(OCCCC(=O)NC)cc1C.[W+2]. The number of hydrogen-bond acceptors (Lipinski definition) is 17. The predicted octanol–water partition coefficient (Wildman–Crippen LogP) is 6.79. The number of alkyl carbamates (subject to hydrolysis) is 1. The third-order valence-corrected chi connectivity index (χ3v) is 17.5. The van der Waals surface area contributed by atoms with Gasteiger partial charge in [-0.3, -0.25) is 29.9 Å². The zero-order chi connectivity index (χ0) is 59.0. The van der Waals surface area contributed by atoms with E-state index in [1.165, 1.54) is 66.6 Å². The molecule has 2 saturated heterocycles. The summed E-state index contributed by atoms with van der Waals surface area (Å²) in [6.07, 6.45) is 1.95. The summed E-state index contributed by atoms with van der Waals surface area (Å²) >= 11 is 6.83. The van der Waals surface area contributed by atoms with Crippen molar-refractivity contribution in [3.8, 4) is 11.5 Å². The molecule has 442 valence electrons. The Morgan fingerprint density at radius 1 is 1.15 bits per heavy atom. The molecule has 3 aliphatic rings. The average Bonchev–Trinajstić information content (AvgIpc) is 4.11. The summed E-state index contributed by atoms with van der Waals surface area (Å²) < 4.78 is 34.8. The summed E-state index contributed by atoms with van der Waals surface area (Å²) in [7, 11) is 11.9. The minimum atomic E-state index is -1.87. The fourth-order valence-corrected chi connectivity index (χ4v) is 11.9. The van der Waals surface area contributed by atoms with E-state index in [1.54, 1.807) is 58.3 Å². The minimum absolute atomic E-state index is 0. The van der Waals surface area contributed by atoms with Crippen LogP contribution < -0.4 is 36.2 Å². The van der Waals surface area contributed by atoms with Crippen LogP contribution in [0.5, 0.6) is 11.5 Å². The standard InChI is InChI=1S/C55H75ClN6O13S2.CH5N.W/c1-14-39(38-21-20-37(26-33(38)3)72-23-16-19-45(63)57-9)59-60-46(64)31-53(6,7)77-76-24-22-47(65)61(10)35(5)51(67)74-44-29-48(66)62(11)40-27-36(28-41(70-12)49(40)56)25-32(2)17-15-18-43(71-13)55(69)30-42(73-52(68)58-55)34(4)50-54(44,8)75-50;1-2;/h15,17-18,20,26-28,34-35,42-44,50,69H,1,14,16,19,22-25,29-31H2,2-13H3,(H,57,63)(H,58,68)(H,60,64);2H2,1H3;/q-2;;+2/b18-15+,32-17+,59-39+;;/t34-,35+,42+,43-,44+,50+,54+,55+;;/m1../s1. The van der Waals surface area contributed by atoms with E-state index in [-0.39, 0.29) is 69.5 Å². The largest absolute Gasteiger partial charge is 2.00 e. The second-order valence-corrected chi connectivity index (χ2v) is 23.9. The van der Waals surface area contributed by atoms with Crippen molar-refractivity contribution in [3.05, 3.63) is 82.8 Å². The fraction of sp³-hybridized carbons (Fsp3) is 0.571. The molecule has 3 aliphatic heterocycles. The summed E-state index contributed by atoms with van der Waals surface area (Å²) in [4.78, 5) is 82.4. The molecule has 3 heterocycles.